The molecular weight excluding hydrogens is 291 g/mol. The average Bonchev–Trinajstić information content (AvgIpc) is 2.29. The minimum Gasteiger partial charge on any atom is -0.739 e. The molecule has 0 fully saturated rings. The standard InChI is InChI=1S/C13H28O3S2.Na/c1-2-3-4-5-6-7-8-9-10-11-12-13-17-18(14,15)16;/h2-13H2,1H3,(H,14,15,16);/q;+1/p-1. The van der Waals surface area contributed by atoms with Gasteiger partial charge in [0, 0.05) is 5.75 Å². The van der Waals surface area contributed by atoms with Crippen molar-refractivity contribution in [3.05, 3.63) is 0 Å². The third-order valence-electron chi connectivity index (χ3n) is 2.98. The van der Waals surface area contributed by atoms with Gasteiger partial charge >= 0.3 is 29.6 Å². The summed E-state index contributed by atoms with van der Waals surface area (Å²) in [6.45, 7) is 2.23. The fraction of sp³-hybridized carbons (Fsp3) is 1.00. The maximum atomic E-state index is 10.3. The zero-order valence-corrected chi connectivity index (χ0v) is 16.2. The SMILES string of the molecule is CCCCCCCCCCCCCSS(=O)(=O)[O-].[Na+]. The van der Waals surface area contributed by atoms with Crippen LogP contribution in [0.25, 0.3) is 0 Å². The van der Waals surface area contributed by atoms with Gasteiger partial charge in [-0.25, -0.2) is 8.42 Å². The molecule has 0 radical (unpaired) electrons. The molecule has 0 saturated heterocycles. The summed E-state index contributed by atoms with van der Waals surface area (Å²) in [4.78, 5) is 0. The Morgan fingerprint density at radius 1 is 0.789 bits per heavy atom. The van der Waals surface area contributed by atoms with Crippen molar-refractivity contribution in [2.24, 2.45) is 0 Å². The van der Waals surface area contributed by atoms with Gasteiger partial charge in [0.2, 0.25) is 0 Å². The average molecular weight is 318 g/mol. The maximum Gasteiger partial charge on any atom is 1.00 e. The second-order valence-corrected chi connectivity index (χ2v) is 8.16. The van der Waals surface area contributed by atoms with Crippen LogP contribution in [0.2, 0.25) is 0 Å². The number of rotatable bonds is 13. The molecule has 0 atom stereocenters. The van der Waals surface area contributed by atoms with E-state index in [9.17, 15) is 13.0 Å². The number of hydrogen-bond acceptors (Lipinski definition) is 4. The first-order chi connectivity index (χ1) is 8.56. The third kappa shape index (κ3) is 21.7. The molecule has 0 aliphatic heterocycles. The molecule has 6 heteroatoms. The Kier molecular flexibility index (Phi) is 18.6. The van der Waals surface area contributed by atoms with E-state index in [1.165, 1.54) is 51.4 Å². The Bertz CT molecular complexity index is 269. The van der Waals surface area contributed by atoms with E-state index in [4.69, 9.17) is 0 Å². The summed E-state index contributed by atoms with van der Waals surface area (Å²) in [5.41, 5.74) is 0. The molecule has 0 saturated carbocycles. The van der Waals surface area contributed by atoms with Crippen LogP contribution in [0.3, 0.4) is 0 Å². The predicted molar refractivity (Wildman–Crippen MR) is 78.6 cm³/mol. The number of hydrogen-bond donors (Lipinski definition) is 0. The molecule has 0 aliphatic rings. The molecule has 0 unspecified atom stereocenters. The molecule has 0 heterocycles. The second kappa shape index (κ2) is 15.6. The van der Waals surface area contributed by atoms with Crippen LogP contribution in [0.15, 0.2) is 0 Å². The zero-order chi connectivity index (χ0) is 13.7. The summed E-state index contributed by atoms with van der Waals surface area (Å²) in [5.74, 6) is 0.447. The molecule has 0 aromatic rings. The molecule has 0 N–H and O–H groups in total. The van der Waals surface area contributed by atoms with Gasteiger partial charge < -0.3 is 4.55 Å². The summed E-state index contributed by atoms with van der Waals surface area (Å²) in [6.07, 6.45) is 13.6. The molecule has 19 heavy (non-hydrogen) atoms. The summed E-state index contributed by atoms with van der Waals surface area (Å²) < 4.78 is 31.0. The van der Waals surface area contributed by atoms with Crippen LogP contribution < -0.4 is 29.6 Å². The minimum atomic E-state index is -4.07. The maximum absolute atomic E-state index is 10.3. The van der Waals surface area contributed by atoms with Crippen molar-refractivity contribution < 1.29 is 42.5 Å². The molecule has 0 bridgehead atoms. The molecule has 110 valence electrons. The fourth-order valence-corrected chi connectivity index (χ4v) is 3.42. The zero-order valence-electron chi connectivity index (χ0n) is 12.5. The van der Waals surface area contributed by atoms with Gasteiger partial charge in [-0.3, -0.25) is 0 Å². The molecule has 0 spiro atoms. The van der Waals surface area contributed by atoms with Crippen LogP contribution in [0, 0.1) is 0 Å². The van der Waals surface area contributed by atoms with Gasteiger partial charge in [0.25, 0.3) is 0 Å². The largest absolute Gasteiger partial charge is 1.00 e. The molecular formula is C13H27NaO3S2. The van der Waals surface area contributed by atoms with E-state index in [0.29, 0.717) is 16.5 Å². The van der Waals surface area contributed by atoms with E-state index < -0.39 is 9.15 Å². The van der Waals surface area contributed by atoms with Crippen LogP contribution in [0.1, 0.15) is 77.6 Å². The summed E-state index contributed by atoms with van der Waals surface area (Å²) >= 11 is 0. The molecule has 0 amide bonds. The monoisotopic (exact) mass is 318 g/mol. The van der Waals surface area contributed by atoms with Crippen molar-refractivity contribution in [2.75, 3.05) is 5.75 Å². The van der Waals surface area contributed by atoms with E-state index in [1.807, 2.05) is 0 Å². The van der Waals surface area contributed by atoms with Crippen molar-refractivity contribution >= 4 is 19.9 Å². The predicted octanol–water partition coefficient (Wildman–Crippen LogP) is 1.49. The van der Waals surface area contributed by atoms with E-state index in [2.05, 4.69) is 6.92 Å². The van der Waals surface area contributed by atoms with E-state index in [0.717, 1.165) is 19.3 Å². The Labute approximate surface area is 145 Å². The van der Waals surface area contributed by atoms with E-state index in [-0.39, 0.29) is 29.6 Å². The summed E-state index contributed by atoms with van der Waals surface area (Å²) in [6, 6.07) is 0. The Morgan fingerprint density at radius 2 is 1.16 bits per heavy atom. The first kappa shape index (κ1) is 22.5. The normalized spacial score (nSPS) is 11.3. The van der Waals surface area contributed by atoms with E-state index >= 15 is 0 Å². The molecule has 0 rings (SSSR count). The molecule has 3 nitrogen and oxygen atoms in total. The van der Waals surface area contributed by atoms with Gasteiger partial charge in [-0.2, -0.15) is 0 Å². The first-order valence-corrected chi connectivity index (χ1v) is 10.1. The third-order valence-corrected chi connectivity index (χ3v) is 5.09. The van der Waals surface area contributed by atoms with Crippen molar-refractivity contribution in [1.29, 1.82) is 0 Å². The smallest absolute Gasteiger partial charge is 0.739 e. The van der Waals surface area contributed by atoms with Crippen LogP contribution in [-0.2, 0) is 9.15 Å². The summed E-state index contributed by atoms with van der Waals surface area (Å²) in [5, 5.41) is 0. The van der Waals surface area contributed by atoms with Crippen molar-refractivity contribution in [2.45, 2.75) is 77.6 Å². The van der Waals surface area contributed by atoms with Gasteiger partial charge in [-0.05, 0) is 17.2 Å². The Balaban J connectivity index is 0. The van der Waals surface area contributed by atoms with Crippen molar-refractivity contribution in [3.63, 3.8) is 0 Å². The number of unbranched alkanes of at least 4 members (excludes halogenated alkanes) is 10. The molecule has 0 aromatic carbocycles. The quantitative estimate of drug-likeness (QED) is 0.223. The van der Waals surface area contributed by atoms with Gasteiger partial charge in [-0.15, -0.1) is 0 Å². The van der Waals surface area contributed by atoms with Crippen LogP contribution in [-0.4, -0.2) is 18.7 Å². The van der Waals surface area contributed by atoms with Crippen LogP contribution in [0.5, 0.6) is 0 Å². The molecule has 0 aromatic heterocycles. The van der Waals surface area contributed by atoms with Gasteiger partial charge in [-0.1, -0.05) is 71.1 Å². The minimum absolute atomic E-state index is 0. The molecule has 0 aliphatic carbocycles. The van der Waals surface area contributed by atoms with Gasteiger partial charge in [0.05, 0.1) is 0 Å². The van der Waals surface area contributed by atoms with Crippen molar-refractivity contribution in [3.8, 4) is 0 Å². The summed E-state index contributed by atoms with van der Waals surface area (Å²) in [7, 11) is -3.54. The van der Waals surface area contributed by atoms with Gasteiger partial charge in [0.15, 0.2) is 0 Å². The Morgan fingerprint density at radius 3 is 1.53 bits per heavy atom. The second-order valence-electron chi connectivity index (χ2n) is 4.77. The first-order valence-electron chi connectivity index (χ1n) is 7.16. The van der Waals surface area contributed by atoms with E-state index in [1.54, 1.807) is 0 Å². The van der Waals surface area contributed by atoms with Crippen LogP contribution >= 0.6 is 10.8 Å². The van der Waals surface area contributed by atoms with Crippen LogP contribution in [0.4, 0.5) is 0 Å². The Hall–Kier alpha value is 1.26. The van der Waals surface area contributed by atoms with Gasteiger partial charge in [0.1, 0.15) is 9.15 Å². The topological polar surface area (TPSA) is 57.2 Å². The van der Waals surface area contributed by atoms with Crippen molar-refractivity contribution in [1.82, 2.24) is 0 Å². The fourth-order valence-electron chi connectivity index (χ4n) is 1.93.